The molecular weight excluding hydrogens is 629 g/mol. The van der Waals surface area contributed by atoms with E-state index < -0.39 is 64.4 Å². The molecule has 3 rings (SSSR count). The molecule has 0 bridgehead atoms. The number of halogens is 3. The van der Waals surface area contributed by atoms with Gasteiger partial charge in [-0.1, -0.05) is 95.5 Å². The third-order valence-corrected chi connectivity index (χ3v) is 6.53. The van der Waals surface area contributed by atoms with E-state index in [0.717, 1.165) is 5.56 Å². The number of nitrogens with one attached hydrogen (secondary N) is 1. The van der Waals surface area contributed by atoms with Crippen LogP contribution < -0.4 is 0 Å². The maximum atomic E-state index is 13.1. The van der Waals surface area contributed by atoms with E-state index in [9.17, 15) is 14.4 Å². The molecule has 2 aromatic rings. The van der Waals surface area contributed by atoms with Gasteiger partial charge in [-0.3, -0.25) is 15.0 Å². The largest absolute Gasteiger partial charge is 0.464 e. The molecule has 1 heterocycles. The fourth-order valence-corrected chi connectivity index (χ4v) is 4.33. The van der Waals surface area contributed by atoms with Crippen LogP contribution in [0.3, 0.4) is 0 Å². The molecule has 0 aliphatic carbocycles. The summed E-state index contributed by atoms with van der Waals surface area (Å²) in [7, 11) is 0. The number of carbonyl (C=O) groups excluding carboxylic acids is 3. The van der Waals surface area contributed by atoms with Crippen LogP contribution in [0.15, 0.2) is 60.7 Å². The van der Waals surface area contributed by atoms with E-state index in [1.807, 2.05) is 30.3 Å². The minimum absolute atomic E-state index is 0.0331. The van der Waals surface area contributed by atoms with Crippen LogP contribution in [0.25, 0.3) is 0 Å². The first-order valence-corrected chi connectivity index (χ1v) is 14.3. The molecule has 1 aliphatic heterocycles. The Labute approximate surface area is 264 Å². The van der Waals surface area contributed by atoms with Crippen molar-refractivity contribution in [2.75, 3.05) is 13.2 Å². The predicted octanol–water partition coefficient (Wildman–Crippen LogP) is 4.85. The minimum atomic E-state index is -2.31. The third kappa shape index (κ3) is 10.3. The number of hydrogen-bond donors (Lipinski definition) is 1. The average Bonchev–Trinajstić information content (AvgIpc) is 2.95. The zero-order valence-corrected chi connectivity index (χ0v) is 25.8. The van der Waals surface area contributed by atoms with E-state index in [0.29, 0.717) is 5.56 Å². The van der Waals surface area contributed by atoms with Crippen LogP contribution in [0.4, 0.5) is 0 Å². The molecule has 234 valence electrons. The first-order valence-electron chi connectivity index (χ1n) is 13.2. The summed E-state index contributed by atoms with van der Waals surface area (Å²) in [5.74, 6) is -2.96. The van der Waals surface area contributed by atoms with Crippen LogP contribution in [0.1, 0.15) is 38.0 Å². The van der Waals surface area contributed by atoms with Gasteiger partial charge in [0.05, 0.1) is 13.2 Å². The molecular formula is C29H32Cl3NO10. The van der Waals surface area contributed by atoms with E-state index >= 15 is 0 Å². The normalized spacial score (nSPS) is 22.6. The molecule has 14 heteroatoms. The minimum Gasteiger partial charge on any atom is -0.464 e. The fourth-order valence-electron chi connectivity index (χ4n) is 4.20. The number of carbonyl (C=O) groups is 3. The number of alkyl halides is 3. The van der Waals surface area contributed by atoms with Crippen molar-refractivity contribution in [3.05, 3.63) is 71.8 Å². The van der Waals surface area contributed by atoms with Gasteiger partial charge in [-0.05, 0) is 18.1 Å². The van der Waals surface area contributed by atoms with E-state index in [2.05, 4.69) is 0 Å². The highest BCUT2D eigenvalue weighted by atomic mass is 35.6. The highest BCUT2D eigenvalue weighted by Crippen LogP contribution is 2.36. The smallest absolute Gasteiger partial charge is 0.339 e. The Kier molecular flexibility index (Phi) is 13.0. The Balaban J connectivity index is 2.09. The van der Waals surface area contributed by atoms with Gasteiger partial charge in [-0.2, -0.15) is 0 Å². The molecule has 1 unspecified atom stereocenters. The third-order valence-electron chi connectivity index (χ3n) is 6.02. The SMILES string of the molecule is CCOC(=O)[C@@H](O[C@H]1C(OC(=N)C(Cl)(Cl)Cl)O[C@H](COC(C)=O)[C@H](OCc2ccccc2)[C@@H]1OC(C)=O)c1ccccc1. The van der Waals surface area contributed by atoms with Gasteiger partial charge in [0.2, 0.25) is 12.2 Å². The zero-order valence-electron chi connectivity index (χ0n) is 23.6. The summed E-state index contributed by atoms with van der Waals surface area (Å²) in [5, 5.41) is 8.18. The summed E-state index contributed by atoms with van der Waals surface area (Å²) in [5.41, 5.74) is 1.18. The molecule has 0 saturated carbocycles. The van der Waals surface area contributed by atoms with Crippen LogP contribution in [-0.2, 0) is 54.1 Å². The standard InChI is InChI=1S/C29H32Cl3NO10/c1-4-37-26(36)22(20-13-9-6-10-14-20)42-25-24(40-18(3)35)23(39-15-19-11-7-5-8-12-19)21(16-38-17(2)34)41-27(25)43-28(33)29(30,31)32/h5-14,21-25,27,33H,4,15-16H2,1-3H3/t21-,22+,23+,24+,25-,27?/m1/s1. The van der Waals surface area contributed by atoms with Crippen molar-refractivity contribution in [3.63, 3.8) is 0 Å². The molecule has 0 aromatic heterocycles. The summed E-state index contributed by atoms with van der Waals surface area (Å²) in [6, 6.07) is 17.5. The predicted molar refractivity (Wildman–Crippen MR) is 156 cm³/mol. The Hall–Kier alpha value is -2.93. The fraction of sp³-hybridized carbons (Fsp3) is 0.448. The van der Waals surface area contributed by atoms with Gasteiger partial charge in [-0.15, -0.1) is 0 Å². The molecule has 1 saturated heterocycles. The summed E-state index contributed by atoms with van der Waals surface area (Å²) >= 11 is 17.6. The number of esters is 3. The van der Waals surface area contributed by atoms with Crippen molar-refractivity contribution in [2.45, 2.75) is 68.0 Å². The lowest BCUT2D eigenvalue weighted by molar-refractivity contribution is -0.309. The van der Waals surface area contributed by atoms with Crippen molar-refractivity contribution >= 4 is 58.6 Å². The molecule has 6 atom stereocenters. The number of hydrogen-bond acceptors (Lipinski definition) is 11. The number of ether oxygens (including phenoxy) is 7. The summed E-state index contributed by atoms with van der Waals surface area (Å²) in [4.78, 5) is 37.3. The average molecular weight is 661 g/mol. The van der Waals surface area contributed by atoms with Gasteiger partial charge in [-0.25, -0.2) is 4.79 Å². The molecule has 0 spiro atoms. The van der Waals surface area contributed by atoms with Gasteiger partial charge < -0.3 is 33.2 Å². The topological polar surface area (TPSA) is 140 Å². The first-order chi connectivity index (χ1) is 20.4. The van der Waals surface area contributed by atoms with Gasteiger partial charge in [0.1, 0.15) is 18.8 Å². The van der Waals surface area contributed by atoms with Crippen LogP contribution in [0.5, 0.6) is 0 Å². The summed E-state index contributed by atoms with van der Waals surface area (Å²) in [6.45, 7) is 3.72. The van der Waals surface area contributed by atoms with Crippen molar-refractivity contribution in [1.29, 1.82) is 5.41 Å². The van der Waals surface area contributed by atoms with Crippen LogP contribution >= 0.6 is 34.8 Å². The van der Waals surface area contributed by atoms with Crippen LogP contribution in [0, 0.1) is 5.41 Å². The number of benzene rings is 2. The summed E-state index contributed by atoms with van der Waals surface area (Å²) < 4.78 is 38.0. The second kappa shape index (κ2) is 16.2. The van der Waals surface area contributed by atoms with Gasteiger partial charge >= 0.3 is 17.9 Å². The Morgan fingerprint density at radius 2 is 1.51 bits per heavy atom. The van der Waals surface area contributed by atoms with E-state index in [4.69, 9.17) is 73.4 Å². The lowest BCUT2D eigenvalue weighted by Gasteiger charge is -2.45. The van der Waals surface area contributed by atoms with Crippen molar-refractivity contribution in [2.24, 2.45) is 0 Å². The second-order valence-electron chi connectivity index (χ2n) is 9.27. The monoisotopic (exact) mass is 659 g/mol. The Morgan fingerprint density at radius 1 is 0.884 bits per heavy atom. The lowest BCUT2D eigenvalue weighted by Crippen LogP contribution is -2.63. The molecule has 1 N–H and O–H groups in total. The van der Waals surface area contributed by atoms with Crippen LogP contribution in [-0.4, -0.2) is 71.5 Å². The van der Waals surface area contributed by atoms with Gasteiger partial charge in [0.25, 0.3) is 3.79 Å². The van der Waals surface area contributed by atoms with E-state index in [1.165, 1.54) is 13.8 Å². The van der Waals surface area contributed by atoms with Crippen LogP contribution in [0.2, 0.25) is 0 Å². The maximum Gasteiger partial charge on any atom is 0.339 e. The van der Waals surface area contributed by atoms with Crippen molar-refractivity contribution in [1.82, 2.24) is 0 Å². The molecule has 1 aliphatic rings. The van der Waals surface area contributed by atoms with E-state index in [-0.39, 0.29) is 19.8 Å². The molecule has 2 aromatic carbocycles. The maximum absolute atomic E-state index is 13.1. The van der Waals surface area contributed by atoms with E-state index in [1.54, 1.807) is 37.3 Å². The highest BCUT2D eigenvalue weighted by Gasteiger charge is 2.53. The lowest BCUT2D eigenvalue weighted by atomic mass is 9.97. The quantitative estimate of drug-likeness (QED) is 0.111. The molecule has 1 fully saturated rings. The highest BCUT2D eigenvalue weighted by molar-refractivity contribution is 6.76. The molecule has 43 heavy (non-hydrogen) atoms. The van der Waals surface area contributed by atoms with Crippen molar-refractivity contribution in [3.8, 4) is 0 Å². The van der Waals surface area contributed by atoms with Crippen molar-refractivity contribution < 1.29 is 47.5 Å². The molecule has 0 amide bonds. The second-order valence-corrected chi connectivity index (χ2v) is 11.6. The molecule has 11 nitrogen and oxygen atoms in total. The number of rotatable bonds is 12. The first kappa shape index (κ1) is 34.6. The van der Waals surface area contributed by atoms with Gasteiger partial charge in [0.15, 0.2) is 18.3 Å². The van der Waals surface area contributed by atoms with Gasteiger partial charge in [0, 0.05) is 13.8 Å². The Bertz CT molecular complexity index is 1230. The summed E-state index contributed by atoms with van der Waals surface area (Å²) in [6.07, 6.45) is -8.03. The molecule has 0 radical (unpaired) electrons. The Morgan fingerprint density at radius 3 is 2.07 bits per heavy atom. The zero-order chi connectivity index (χ0) is 31.6.